The summed E-state index contributed by atoms with van der Waals surface area (Å²) in [4.78, 5) is 0. The van der Waals surface area contributed by atoms with E-state index in [-0.39, 0.29) is 17.6 Å². The summed E-state index contributed by atoms with van der Waals surface area (Å²) in [6.07, 6.45) is 5.46. The quantitative estimate of drug-likeness (QED) is 0.543. The van der Waals surface area contributed by atoms with Gasteiger partial charge in [0.2, 0.25) is 0 Å². The van der Waals surface area contributed by atoms with E-state index in [0.717, 1.165) is 25.1 Å². The van der Waals surface area contributed by atoms with Crippen molar-refractivity contribution < 1.29 is 14.2 Å². The molecule has 2 rings (SSSR count). The molecule has 1 heterocycles. The summed E-state index contributed by atoms with van der Waals surface area (Å²) in [6.45, 7) is 4.13. The van der Waals surface area contributed by atoms with Gasteiger partial charge in [-0.1, -0.05) is 6.92 Å². The van der Waals surface area contributed by atoms with Crippen LogP contribution < -0.4 is 4.74 Å². The van der Waals surface area contributed by atoms with Crippen molar-refractivity contribution in [3.05, 3.63) is 12.4 Å². The number of halogens is 1. The molecule has 3 unspecified atom stereocenters. The van der Waals surface area contributed by atoms with Crippen molar-refractivity contribution in [2.75, 3.05) is 20.3 Å². The summed E-state index contributed by atoms with van der Waals surface area (Å²) >= 11 is 6.14. The van der Waals surface area contributed by atoms with Gasteiger partial charge < -0.3 is 14.2 Å². The van der Waals surface area contributed by atoms with Crippen molar-refractivity contribution in [2.24, 2.45) is 0 Å². The number of nitrogens with zero attached hydrogens (tertiary/aromatic N) is 2. The third kappa shape index (κ3) is 3.84. The monoisotopic (exact) mass is 288 g/mol. The van der Waals surface area contributed by atoms with Crippen LogP contribution in [0.2, 0.25) is 0 Å². The molecule has 0 aliphatic heterocycles. The molecule has 0 spiro atoms. The zero-order chi connectivity index (χ0) is 13.7. The molecule has 1 saturated carbocycles. The lowest BCUT2D eigenvalue weighted by molar-refractivity contribution is -0.0898. The van der Waals surface area contributed by atoms with Crippen LogP contribution in [0.5, 0.6) is 5.75 Å². The Morgan fingerprint density at radius 2 is 2.32 bits per heavy atom. The molecule has 6 heteroatoms. The van der Waals surface area contributed by atoms with Crippen LogP contribution in [0.15, 0.2) is 12.4 Å². The minimum Gasteiger partial charge on any atom is -0.484 e. The molecule has 108 valence electrons. The van der Waals surface area contributed by atoms with Crippen LogP contribution in [0.4, 0.5) is 0 Å². The summed E-state index contributed by atoms with van der Waals surface area (Å²) in [7, 11) is 1.65. The Morgan fingerprint density at radius 3 is 3.00 bits per heavy atom. The molecule has 1 aromatic rings. The first-order valence-electron chi connectivity index (χ1n) is 6.68. The van der Waals surface area contributed by atoms with Crippen LogP contribution in [-0.2, 0) is 16.0 Å². The number of aromatic nitrogens is 2. The van der Waals surface area contributed by atoms with E-state index < -0.39 is 0 Å². The number of hydrogen-bond donors (Lipinski definition) is 0. The molecule has 0 radical (unpaired) electrons. The SMILES string of the molecule is CCCn1cc(OC2CC(Cl)C2OCCOC)cn1. The third-order valence-electron chi connectivity index (χ3n) is 3.13. The molecular weight excluding hydrogens is 268 g/mol. The molecule has 0 bridgehead atoms. The normalized spacial score (nSPS) is 26.2. The lowest BCUT2D eigenvalue weighted by Crippen LogP contribution is -2.53. The molecule has 1 aliphatic rings. The van der Waals surface area contributed by atoms with Gasteiger partial charge in [0.05, 0.1) is 31.0 Å². The standard InChI is InChI=1S/C13H21ClN2O3/c1-3-4-16-9-10(8-15-16)19-12-7-11(14)13(12)18-6-5-17-2/h8-9,11-13H,3-7H2,1-2H3. The molecule has 0 N–H and O–H groups in total. The maximum Gasteiger partial charge on any atom is 0.157 e. The minimum atomic E-state index is -0.0636. The summed E-state index contributed by atoms with van der Waals surface area (Å²) in [6, 6.07) is 0. The molecule has 3 atom stereocenters. The van der Waals surface area contributed by atoms with Crippen LogP contribution in [0.3, 0.4) is 0 Å². The van der Waals surface area contributed by atoms with E-state index in [2.05, 4.69) is 12.0 Å². The van der Waals surface area contributed by atoms with Gasteiger partial charge in [-0.15, -0.1) is 11.6 Å². The van der Waals surface area contributed by atoms with Gasteiger partial charge in [0.25, 0.3) is 0 Å². The second-order valence-electron chi connectivity index (χ2n) is 4.68. The minimum absolute atomic E-state index is 0.0126. The molecule has 0 amide bonds. The Bertz CT molecular complexity index is 386. The predicted molar refractivity (Wildman–Crippen MR) is 72.8 cm³/mol. The number of ether oxygens (including phenoxy) is 3. The molecular formula is C13H21ClN2O3. The van der Waals surface area contributed by atoms with E-state index in [4.69, 9.17) is 25.8 Å². The van der Waals surface area contributed by atoms with Gasteiger partial charge in [-0.05, 0) is 6.42 Å². The molecule has 1 aliphatic carbocycles. The van der Waals surface area contributed by atoms with Crippen molar-refractivity contribution in [2.45, 2.75) is 43.9 Å². The van der Waals surface area contributed by atoms with Crippen molar-refractivity contribution >= 4 is 11.6 Å². The summed E-state index contributed by atoms with van der Waals surface area (Å²) in [5.41, 5.74) is 0. The Labute approximate surface area is 118 Å². The molecule has 0 saturated heterocycles. The number of aryl methyl sites for hydroxylation is 1. The van der Waals surface area contributed by atoms with Gasteiger partial charge >= 0.3 is 0 Å². The Balaban J connectivity index is 1.80. The van der Waals surface area contributed by atoms with Crippen molar-refractivity contribution in [1.29, 1.82) is 0 Å². The van der Waals surface area contributed by atoms with Crippen molar-refractivity contribution in [3.8, 4) is 5.75 Å². The first-order chi connectivity index (χ1) is 9.24. The summed E-state index contributed by atoms with van der Waals surface area (Å²) < 4.78 is 18.4. The Hall–Kier alpha value is -0.780. The highest BCUT2D eigenvalue weighted by Gasteiger charge is 2.42. The van der Waals surface area contributed by atoms with Crippen molar-refractivity contribution in [3.63, 3.8) is 0 Å². The lowest BCUT2D eigenvalue weighted by Gasteiger charge is -2.40. The fourth-order valence-corrected chi connectivity index (χ4v) is 2.46. The van der Waals surface area contributed by atoms with Gasteiger partial charge in [-0.2, -0.15) is 5.10 Å². The topological polar surface area (TPSA) is 45.5 Å². The number of alkyl halides is 1. The maximum atomic E-state index is 6.14. The van der Waals surface area contributed by atoms with E-state index in [0.29, 0.717) is 13.2 Å². The summed E-state index contributed by atoms with van der Waals surface area (Å²) in [5.74, 6) is 0.780. The van der Waals surface area contributed by atoms with Crippen molar-refractivity contribution in [1.82, 2.24) is 9.78 Å². The number of rotatable bonds is 8. The molecule has 5 nitrogen and oxygen atoms in total. The van der Waals surface area contributed by atoms with Crippen LogP contribution in [0, 0.1) is 0 Å². The van der Waals surface area contributed by atoms with Crippen LogP contribution >= 0.6 is 11.6 Å². The molecule has 1 aromatic heterocycles. The second kappa shape index (κ2) is 7.12. The highest BCUT2D eigenvalue weighted by Crippen LogP contribution is 2.32. The van der Waals surface area contributed by atoms with Gasteiger partial charge in [0.1, 0.15) is 12.2 Å². The van der Waals surface area contributed by atoms with Crippen LogP contribution in [-0.4, -0.2) is 47.7 Å². The highest BCUT2D eigenvalue weighted by molar-refractivity contribution is 6.21. The first-order valence-corrected chi connectivity index (χ1v) is 7.12. The predicted octanol–water partition coefficient (Wildman–Crippen LogP) is 2.08. The average molecular weight is 289 g/mol. The lowest BCUT2D eigenvalue weighted by atomic mass is 9.91. The molecule has 19 heavy (non-hydrogen) atoms. The van der Waals surface area contributed by atoms with Gasteiger partial charge in [-0.3, -0.25) is 4.68 Å². The van der Waals surface area contributed by atoms with Crippen LogP contribution in [0.25, 0.3) is 0 Å². The van der Waals surface area contributed by atoms with Gasteiger partial charge in [0, 0.05) is 20.1 Å². The van der Waals surface area contributed by atoms with E-state index in [1.54, 1.807) is 13.3 Å². The summed E-state index contributed by atoms with van der Waals surface area (Å²) in [5, 5.41) is 4.26. The van der Waals surface area contributed by atoms with E-state index in [1.807, 2.05) is 10.9 Å². The largest absolute Gasteiger partial charge is 0.484 e. The Morgan fingerprint density at radius 1 is 1.47 bits per heavy atom. The van der Waals surface area contributed by atoms with Gasteiger partial charge in [-0.25, -0.2) is 0 Å². The first kappa shape index (κ1) is 14.6. The van der Waals surface area contributed by atoms with Crippen LogP contribution in [0.1, 0.15) is 19.8 Å². The zero-order valence-corrected chi connectivity index (χ0v) is 12.2. The third-order valence-corrected chi connectivity index (χ3v) is 3.55. The van der Waals surface area contributed by atoms with E-state index in [1.165, 1.54) is 0 Å². The second-order valence-corrected chi connectivity index (χ2v) is 5.24. The smallest absolute Gasteiger partial charge is 0.157 e. The van der Waals surface area contributed by atoms with E-state index >= 15 is 0 Å². The van der Waals surface area contributed by atoms with Gasteiger partial charge in [0.15, 0.2) is 5.75 Å². The Kier molecular flexibility index (Phi) is 5.48. The fraction of sp³-hybridized carbons (Fsp3) is 0.769. The molecule has 1 fully saturated rings. The number of methoxy groups -OCH3 is 1. The average Bonchev–Trinajstić information content (AvgIpc) is 2.82. The maximum absolute atomic E-state index is 6.14. The zero-order valence-electron chi connectivity index (χ0n) is 11.4. The fourth-order valence-electron chi connectivity index (χ4n) is 2.05. The van der Waals surface area contributed by atoms with E-state index in [9.17, 15) is 0 Å². The highest BCUT2D eigenvalue weighted by atomic mass is 35.5. The number of hydrogen-bond acceptors (Lipinski definition) is 4. The molecule has 0 aromatic carbocycles.